The van der Waals surface area contributed by atoms with Gasteiger partial charge in [-0.15, -0.1) is 0 Å². The Bertz CT molecular complexity index is 3150. The number of aliphatic carboxylic acids is 2. The van der Waals surface area contributed by atoms with Gasteiger partial charge in [0, 0.05) is 66.4 Å². The number of nitrogens with one attached hydrogen (secondary N) is 9. The summed E-state index contributed by atoms with van der Waals surface area (Å²) in [5, 5.41) is 49.7. The molecular formula is C60H79N11O13. The first kappa shape index (κ1) is 64.4. The fraction of sp³-hybridized carbons (Fsp3) is 0.467. The minimum absolute atomic E-state index is 0.0668. The lowest BCUT2D eigenvalue weighted by Gasteiger charge is -2.28. The first-order valence-electron chi connectivity index (χ1n) is 28.4. The largest absolute Gasteiger partial charge is 0.508 e. The van der Waals surface area contributed by atoms with Gasteiger partial charge in [0.1, 0.15) is 48.0 Å². The van der Waals surface area contributed by atoms with Crippen LogP contribution in [0, 0.1) is 17.8 Å². The lowest BCUT2D eigenvalue weighted by molar-refractivity contribution is -0.143. The van der Waals surface area contributed by atoms with Crippen molar-refractivity contribution in [2.75, 3.05) is 13.1 Å². The van der Waals surface area contributed by atoms with Gasteiger partial charge < -0.3 is 73.1 Å². The zero-order valence-corrected chi connectivity index (χ0v) is 48.2. The van der Waals surface area contributed by atoms with Gasteiger partial charge in [-0.05, 0) is 90.8 Å². The third-order valence-electron chi connectivity index (χ3n) is 14.7. The van der Waals surface area contributed by atoms with Crippen LogP contribution in [0.15, 0.2) is 85.2 Å². The van der Waals surface area contributed by atoms with E-state index >= 15 is 0 Å². The van der Waals surface area contributed by atoms with Gasteiger partial charge in [-0.25, -0.2) is 4.79 Å². The monoisotopic (exact) mass is 1160 g/mol. The number of rotatable bonds is 30. The molecule has 1 aliphatic heterocycles. The number of fused-ring (bicyclic) bond motifs is 2. The van der Waals surface area contributed by atoms with Crippen molar-refractivity contribution >= 4 is 81.0 Å². The van der Waals surface area contributed by atoms with Crippen molar-refractivity contribution in [3.8, 4) is 5.75 Å². The average Bonchev–Trinajstić information content (AvgIpc) is 3.90. The maximum atomic E-state index is 14.7. The molecule has 0 unspecified atom stereocenters. The summed E-state index contributed by atoms with van der Waals surface area (Å²) in [5.74, 6) is -9.35. The molecule has 1 saturated heterocycles. The number of hydrogen-bond acceptors (Lipinski definition) is 12. The Kier molecular flexibility index (Phi) is 23.0. The number of carboxylic acids is 2. The van der Waals surface area contributed by atoms with Gasteiger partial charge in [-0.3, -0.25) is 43.2 Å². The molecule has 8 atom stereocenters. The lowest BCUT2D eigenvalue weighted by atomic mass is 9.99. The van der Waals surface area contributed by atoms with Crippen molar-refractivity contribution in [1.29, 1.82) is 0 Å². The summed E-state index contributed by atoms with van der Waals surface area (Å²) in [7, 11) is 0. The molecule has 0 radical (unpaired) electrons. The predicted octanol–water partition coefficient (Wildman–Crippen LogP) is 2.42. The molecule has 14 N–H and O–H groups in total. The summed E-state index contributed by atoms with van der Waals surface area (Å²) in [4.78, 5) is 145. The molecule has 24 heteroatoms. The van der Waals surface area contributed by atoms with E-state index in [0.717, 1.165) is 21.8 Å². The van der Waals surface area contributed by atoms with Gasteiger partial charge in [0.2, 0.25) is 47.3 Å². The number of aromatic hydroxyl groups is 1. The summed E-state index contributed by atoms with van der Waals surface area (Å²) < 4.78 is 0. The molecule has 0 saturated carbocycles. The summed E-state index contributed by atoms with van der Waals surface area (Å²) in [6, 6.07) is 10.2. The SMILES string of the molecule is CC(C)C[C@H](NC(=O)[C@@H](N)CC(C)C)C(=O)N[C@@H](Cc1ccc(O)cc1)C(=O)N[C@@H](CCC(=O)O)C(=O)NCC(=O)N1CCC[C@H]1C(=O)N[C@@H](Cc1c[nH]c2ccccc12)C(=O)N[C@@H](Cc1c[nH]c2ccccc12)C(=O)N[C@H](C(=O)O)C(C)C. The molecule has 1 aliphatic rings. The van der Waals surface area contributed by atoms with E-state index < -0.39 is 133 Å². The average molecular weight is 1160 g/mol. The Morgan fingerprint density at radius 3 is 1.63 bits per heavy atom. The van der Waals surface area contributed by atoms with Gasteiger partial charge in [-0.2, -0.15) is 0 Å². The number of nitrogens with zero attached hydrogens (tertiary/aromatic N) is 1. The predicted molar refractivity (Wildman–Crippen MR) is 311 cm³/mol. The van der Waals surface area contributed by atoms with Gasteiger partial charge >= 0.3 is 11.9 Å². The number of carbonyl (C=O) groups excluding carboxylic acids is 8. The minimum Gasteiger partial charge on any atom is -0.508 e. The summed E-state index contributed by atoms with van der Waals surface area (Å²) in [5.41, 5.74) is 9.42. The molecule has 452 valence electrons. The van der Waals surface area contributed by atoms with E-state index in [1.165, 1.54) is 29.2 Å². The second-order valence-corrected chi connectivity index (χ2v) is 22.6. The van der Waals surface area contributed by atoms with Crippen molar-refractivity contribution in [1.82, 2.24) is 52.1 Å². The molecule has 0 spiro atoms. The van der Waals surface area contributed by atoms with Crippen molar-refractivity contribution < 1.29 is 63.3 Å². The van der Waals surface area contributed by atoms with E-state index in [0.29, 0.717) is 29.5 Å². The Morgan fingerprint density at radius 1 is 0.595 bits per heavy atom. The maximum Gasteiger partial charge on any atom is 0.326 e. The molecule has 3 heterocycles. The topological polar surface area (TPSA) is 376 Å². The zero-order valence-electron chi connectivity index (χ0n) is 48.2. The fourth-order valence-electron chi connectivity index (χ4n) is 10.2. The normalized spacial score (nSPS) is 15.8. The zero-order chi connectivity index (χ0) is 61.4. The number of amides is 8. The molecule has 8 amide bonds. The van der Waals surface area contributed by atoms with E-state index in [-0.39, 0.29) is 56.2 Å². The van der Waals surface area contributed by atoms with Crippen LogP contribution in [0.25, 0.3) is 21.8 Å². The molecule has 84 heavy (non-hydrogen) atoms. The highest BCUT2D eigenvalue weighted by Gasteiger charge is 2.39. The Hall–Kier alpha value is -8.80. The second-order valence-electron chi connectivity index (χ2n) is 22.6. The molecule has 0 bridgehead atoms. The quantitative estimate of drug-likeness (QED) is 0.0314. The molecular weight excluding hydrogens is 1080 g/mol. The number of phenolic OH excluding ortho intramolecular Hbond substituents is 1. The van der Waals surface area contributed by atoms with E-state index in [4.69, 9.17) is 5.73 Å². The number of likely N-dealkylation sites (tertiary alicyclic amines) is 1. The van der Waals surface area contributed by atoms with Crippen LogP contribution in [0.1, 0.15) is 96.8 Å². The van der Waals surface area contributed by atoms with Gasteiger partial charge in [0.15, 0.2) is 0 Å². The number of nitrogens with two attached hydrogens (primary N) is 1. The number of aromatic nitrogens is 2. The van der Waals surface area contributed by atoms with Crippen LogP contribution in [0.4, 0.5) is 0 Å². The Morgan fingerprint density at radius 2 is 1.10 bits per heavy atom. The van der Waals surface area contributed by atoms with Crippen molar-refractivity contribution in [3.63, 3.8) is 0 Å². The third-order valence-corrected chi connectivity index (χ3v) is 14.7. The first-order valence-corrected chi connectivity index (χ1v) is 28.4. The van der Waals surface area contributed by atoms with Crippen LogP contribution in [0.5, 0.6) is 5.75 Å². The number of phenols is 1. The Balaban J connectivity index is 1.19. The van der Waals surface area contributed by atoms with E-state index in [1.54, 1.807) is 26.2 Å². The second kappa shape index (κ2) is 30.0. The molecule has 6 rings (SSSR count). The number of carboxylic acid groups (broad SMARTS) is 2. The highest BCUT2D eigenvalue weighted by atomic mass is 16.4. The van der Waals surface area contributed by atoms with E-state index in [9.17, 15) is 63.3 Å². The van der Waals surface area contributed by atoms with Crippen LogP contribution in [0.2, 0.25) is 0 Å². The first-order chi connectivity index (χ1) is 39.9. The highest BCUT2D eigenvalue weighted by Crippen LogP contribution is 2.24. The third kappa shape index (κ3) is 18.1. The molecule has 5 aromatic rings. The minimum atomic E-state index is -1.57. The van der Waals surface area contributed by atoms with E-state index in [1.807, 2.05) is 76.2 Å². The van der Waals surface area contributed by atoms with Crippen LogP contribution in [-0.2, 0) is 67.2 Å². The van der Waals surface area contributed by atoms with Crippen LogP contribution >= 0.6 is 0 Å². The summed E-state index contributed by atoms with van der Waals surface area (Å²) >= 11 is 0. The smallest absolute Gasteiger partial charge is 0.326 e. The Labute approximate surface area is 486 Å². The number of carbonyl (C=O) groups is 10. The lowest BCUT2D eigenvalue weighted by Crippen LogP contribution is -2.59. The standard InChI is InChI=1S/C60H79N11O13/c1-32(2)24-41(61)53(76)66-45(25-33(3)4)55(78)67-46(26-35-17-19-38(72)20-18-35)56(79)65-44(21-22-51(74)75)54(77)64-31-50(73)71-23-11-16-49(71)59(82)69-47(27-36-29-62-42-14-9-7-12-39(36)42)57(80)68-48(58(81)70-52(34(5)6)60(83)84)28-37-30-63-43-15-10-8-13-40(37)43/h7-10,12-15,17-20,29-30,32-34,41,44-49,52,62-63,72H,11,16,21-28,31,61H2,1-6H3,(H,64,77)(H,65,79)(H,66,76)(H,67,78)(H,68,80)(H,69,82)(H,70,81)(H,74,75)(H,83,84)/t41-,44-,45-,46-,47-,48-,49-,52-/m0/s1. The number of para-hydroxylation sites is 2. The summed E-state index contributed by atoms with van der Waals surface area (Å²) in [6.45, 7) is 10.1. The number of H-pyrrole nitrogens is 2. The molecule has 1 fully saturated rings. The van der Waals surface area contributed by atoms with Gasteiger partial charge in [-0.1, -0.05) is 90.1 Å². The molecule has 2 aromatic heterocycles. The van der Waals surface area contributed by atoms with Gasteiger partial charge in [0.05, 0.1) is 12.6 Å². The number of benzene rings is 3. The van der Waals surface area contributed by atoms with Crippen molar-refractivity contribution in [2.45, 2.75) is 148 Å². The van der Waals surface area contributed by atoms with Crippen LogP contribution in [0.3, 0.4) is 0 Å². The number of aromatic amines is 2. The molecule has 3 aromatic carbocycles. The van der Waals surface area contributed by atoms with E-state index in [2.05, 4.69) is 47.2 Å². The molecule has 24 nitrogen and oxygen atoms in total. The maximum absolute atomic E-state index is 14.7. The van der Waals surface area contributed by atoms with Gasteiger partial charge in [0.25, 0.3) is 0 Å². The molecule has 0 aliphatic carbocycles. The van der Waals surface area contributed by atoms with Crippen molar-refractivity contribution in [3.05, 3.63) is 102 Å². The van der Waals surface area contributed by atoms with Crippen molar-refractivity contribution in [2.24, 2.45) is 23.5 Å². The number of hydrogen-bond donors (Lipinski definition) is 13. The van der Waals surface area contributed by atoms with Crippen LogP contribution < -0.4 is 43.0 Å². The van der Waals surface area contributed by atoms with Crippen LogP contribution in [-0.4, -0.2) is 151 Å². The summed E-state index contributed by atoms with van der Waals surface area (Å²) in [6.07, 6.45) is 3.03. The highest BCUT2D eigenvalue weighted by molar-refractivity contribution is 5.98. The fourth-order valence-corrected chi connectivity index (χ4v) is 10.2.